The average molecular weight is 417 g/mol. The molecule has 154 valence electrons. The van der Waals surface area contributed by atoms with Crippen LogP contribution in [-0.4, -0.2) is 57.8 Å². The standard InChI is InChI=1S/C20H23N3O5S/c1-15(18-8-3-4-9-19(18)27-2)21-22-20(24)16-6-5-7-17(14-16)29(25,26)23-10-12-28-13-11-23/h3-9,14H,10-13H2,1-2H3,(H,22,24)/b21-15-. The summed E-state index contributed by atoms with van der Waals surface area (Å²) in [6.07, 6.45) is 0. The summed E-state index contributed by atoms with van der Waals surface area (Å²) < 4.78 is 37.4. The molecule has 8 nitrogen and oxygen atoms in total. The molecule has 0 atom stereocenters. The zero-order valence-corrected chi connectivity index (χ0v) is 17.1. The van der Waals surface area contributed by atoms with Crippen molar-refractivity contribution >= 4 is 21.6 Å². The molecule has 3 rings (SSSR count). The maximum absolute atomic E-state index is 12.8. The fourth-order valence-electron chi connectivity index (χ4n) is 2.94. The highest BCUT2D eigenvalue weighted by molar-refractivity contribution is 7.89. The van der Waals surface area contributed by atoms with Crippen molar-refractivity contribution in [2.75, 3.05) is 33.4 Å². The Morgan fingerprint density at radius 1 is 1.14 bits per heavy atom. The predicted molar refractivity (Wildman–Crippen MR) is 109 cm³/mol. The van der Waals surface area contributed by atoms with Crippen LogP contribution in [-0.2, 0) is 14.8 Å². The normalized spacial score (nSPS) is 15.7. The number of ether oxygens (including phenoxy) is 2. The Balaban J connectivity index is 1.77. The van der Waals surface area contributed by atoms with Gasteiger partial charge in [-0.2, -0.15) is 9.41 Å². The van der Waals surface area contributed by atoms with Crippen molar-refractivity contribution in [1.29, 1.82) is 0 Å². The van der Waals surface area contributed by atoms with Crippen LogP contribution in [0, 0.1) is 0 Å². The van der Waals surface area contributed by atoms with Crippen LogP contribution in [0.2, 0.25) is 0 Å². The highest BCUT2D eigenvalue weighted by Crippen LogP contribution is 2.19. The molecular weight excluding hydrogens is 394 g/mol. The van der Waals surface area contributed by atoms with Gasteiger partial charge in [0, 0.05) is 24.2 Å². The first kappa shape index (κ1) is 21.0. The van der Waals surface area contributed by atoms with Crippen molar-refractivity contribution in [1.82, 2.24) is 9.73 Å². The van der Waals surface area contributed by atoms with Gasteiger partial charge in [0.25, 0.3) is 5.91 Å². The molecule has 1 amide bonds. The maximum Gasteiger partial charge on any atom is 0.271 e. The fourth-order valence-corrected chi connectivity index (χ4v) is 4.39. The SMILES string of the molecule is COc1ccccc1/C(C)=N\NC(=O)c1cccc(S(=O)(=O)N2CCOCC2)c1. The van der Waals surface area contributed by atoms with Crippen LogP contribution in [0.1, 0.15) is 22.8 Å². The molecular formula is C20H23N3O5S. The number of amides is 1. The smallest absolute Gasteiger partial charge is 0.271 e. The zero-order valence-electron chi connectivity index (χ0n) is 16.3. The van der Waals surface area contributed by atoms with Gasteiger partial charge in [-0.05, 0) is 37.3 Å². The van der Waals surface area contributed by atoms with E-state index in [1.807, 2.05) is 18.2 Å². The van der Waals surface area contributed by atoms with E-state index in [4.69, 9.17) is 9.47 Å². The second-order valence-electron chi connectivity index (χ2n) is 6.38. The molecule has 1 aliphatic heterocycles. The van der Waals surface area contributed by atoms with Gasteiger partial charge >= 0.3 is 0 Å². The minimum Gasteiger partial charge on any atom is -0.496 e. The van der Waals surface area contributed by atoms with Gasteiger partial charge in [0.1, 0.15) is 5.75 Å². The molecule has 2 aromatic rings. The minimum atomic E-state index is -3.68. The van der Waals surface area contributed by atoms with Crippen LogP contribution in [0.5, 0.6) is 5.75 Å². The number of rotatable bonds is 6. The monoisotopic (exact) mass is 417 g/mol. The number of nitrogens with zero attached hydrogens (tertiary/aromatic N) is 2. The van der Waals surface area contributed by atoms with E-state index >= 15 is 0 Å². The van der Waals surface area contributed by atoms with Gasteiger partial charge in [-0.1, -0.05) is 18.2 Å². The third-order valence-electron chi connectivity index (χ3n) is 4.53. The molecule has 1 fully saturated rings. The molecule has 0 radical (unpaired) electrons. The number of hydrazone groups is 1. The number of hydrogen-bond acceptors (Lipinski definition) is 6. The van der Waals surface area contributed by atoms with Crippen molar-refractivity contribution < 1.29 is 22.7 Å². The Morgan fingerprint density at radius 2 is 1.86 bits per heavy atom. The summed E-state index contributed by atoms with van der Waals surface area (Å²) >= 11 is 0. The molecule has 1 heterocycles. The first-order chi connectivity index (χ1) is 13.9. The van der Waals surface area contributed by atoms with Crippen molar-refractivity contribution in [2.24, 2.45) is 5.10 Å². The third kappa shape index (κ3) is 4.81. The van der Waals surface area contributed by atoms with E-state index in [0.717, 1.165) is 5.56 Å². The highest BCUT2D eigenvalue weighted by Gasteiger charge is 2.26. The quantitative estimate of drug-likeness (QED) is 0.572. The molecule has 2 aromatic carbocycles. The summed E-state index contributed by atoms with van der Waals surface area (Å²) in [6.45, 7) is 3.05. The fraction of sp³-hybridized carbons (Fsp3) is 0.300. The Morgan fingerprint density at radius 3 is 2.59 bits per heavy atom. The molecule has 1 N–H and O–H groups in total. The van der Waals surface area contributed by atoms with E-state index in [0.29, 0.717) is 37.8 Å². The number of para-hydroxylation sites is 1. The first-order valence-corrected chi connectivity index (χ1v) is 10.5. The number of methoxy groups -OCH3 is 1. The second kappa shape index (κ2) is 9.17. The van der Waals surface area contributed by atoms with Crippen molar-refractivity contribution in [3.63, 3.8) is 0 Å². The van der Waals surface area contributed by atoms with Gasteiger partial charge in [0.2, 0.25) is 10.0 Å². The summed E-state index contributed by atoms with van der Waals surface area (Å²) in [5, 5.41) is 4.12. The van der Waals surface area contributed by atoms with Crippen LogP contribution < -0.4 is 10.2 Å². The lowest BCUT2D eigenvalue weighted by molar-refractivity contribution is 0.0730. The summed E-state index contributed by atoms with van der Waals surface area (Å²) in [4.78, 5) is 12.6. The molecule has 0 spiro atoms. The van der Waals surface area contributed by atoms with Crippen molar-refractivity contribution in [3.05, 3.63) is 59.7 Å². The third-order valence-corrected chi connectivity index (χ3v) is 6.42. The number of nitrogens with one attached hydrogen (secondary N) is 1. The van der Waals surface area contributed by atoms with Gasteiger partial charge in [0.15, 0.2) is 0 Å². The van der Waals surface area contributed by atoms with Gasteiger partial charge in [-0.25, -0.2) is 13.8 Å². The van der Waals surface area contributed by atoms with E-state index < -0.39 is 15.9 Å². The number of sulfonamides is 1. The maximum atomic E-state index is 12.8. The zero-order chi connectivity index (χ0) is 20.9. The van der Waals surface area contributed by atoms with Gasteiger partial charge < -0.3 is 9.47 Å². The number of morpholine rings is 1. The van der Waals surface area contributed by atoms with E-state index in [1.165, 1.54) is 16.4 Å². The van der Waals surface area contributed by atoms with Crippen LogP contribution in [0.25, 0.3) is 0 Å². The lowest BCUT2D eigenvalue weighted by Gasteiger charge is -2.26. The molecule has 0 unspecified atom stereocenters. The number of benzene rings is 2. The summed E-state index contributed by atoms with van der Waals surface area (Å²) in [7, 11) is -2.12. The second-order valence-corrected chi connectivity index (χ2v) is 8.32. The average Bonchev–Trinajstić information content (AvgIpc) is 2.77. The Hall–Kier alpha value is -2.75. The molecule has 0 aliphatic carbocycles. The minimum absolute atomic E-state index is 0.0671. The van der Waals surface area contributed by atoms with Gasteiger partial charge in [0.05, 0.1) is 30.9 Å². The Labute approximate surface area is 170 Å². The van der Waals surface area contributed by atoms with Gasteiger partial charge in [-0.3, -0.25) is 4.79 Å². The van der Waals surface area contributed by atoms with Crippen molar-refractivity contribution in [3.8, 4) is 5.75 Å². The summed E-state index contributed by atoms with van der Waals surface area (Å²) in [5.41, 5.74) is 3.99. The molecule has 29 heavy (non-hydrogen) atoms. The van der Waals surface area contributed by atoms with Crippen LogP contribution in [0.15, 0.2) is 58.5 Å². The lowest BCUT2D eigenvalue weighted by Crippen LogP contribution is -2.40. The van der Waals surface area contributed by atoms with E-state index in [2.05, 4.69) is 10.5 Å². The Kier molecular flexibility index (Phi) is 6.63. The summed E-state index contributed by atoms with van der Waals surface area (Å²) in [5.74, 6) is 0.139. The number of carbonyl (C=O) groups is 1. The molecule has 1 saturated heterocycles. The van der Waals surface area contributed by atoms with Crippen LogP contribution >= 0.6 is 0 Å². The molecule has 0 aromatic heterocycles. The van der Waals surface area contributed by atoms with E-state index in [-0.39, 0.29) is 10.5 Å². The van der Waals surface area contributed by atoms with Crippen LogP contribution in [0.4, 0.5) is 0 Å². The Bertz CT molecular complexity index is 1010. The molecule has 0 bridgehead atoms. The van der Waals surface area contributed by atoms with Gasteiger partial charge in [-0.15, -0.1) is 0 Å². The topological polar surface area (TPSA) is 97.3 Å². The molecule has 0 saturated carbocycles. The van der Waals surface area contributed by atoms with Crippen molar-refractivity contribution in [2.45, 2.75) is 11.8 Å². The number of hydrogen-bond donors (Lipinski definition) is 1. The first-order valence-electron chi connectivity index (χ1n) is 9.09. The number of carbonyl (C=O) groups excluding carboxylic acids is 1. The van der Waals surface area contributed by atoms with Crippen LogP contribution in [0.3, 0.4) is 0 Å². The van der Waals surface area contributed by atoms with E-state index in [1.54, 1.807) is 32.2 Å². The molecule has 9 heteroatoms. The van der Waals surface area contributed by atoms with E-state index in [9.17, 15) is 13.2 Å². The predicted octanol–water partition coefficient (Wildman–Crippen LogP) is 1.87. The largest absolute Gasteiger partial charge is 0.496 e. The lowest BCUT2D eigenvalue weighted by atomic mass is 10.1. The molecule has 1 aliphatic rings. The summed E-state index contributed by atoms with van der Waals surface area (Å²) in [6, 6.07) is 13.2. The highest BCUT2D eigenvalue weighted by atomic mass is 32.2.